The molecule has 0 spiro atoms. The highest BCUT2D eigenvalue weighted by atomic mass is 16.5. The second kappa shape index (κ2) is 7.88. The van der Waals surface area contributed by atoms with Crippen molar-refractivity contribution in [3.63, 3.8) is 0 Å². The first kappa shape index (κ1) is 22.3. The second-order valence-electron chi connectivity index (χ2n) is 11.4. The summed E-state index contributed by atoms with van der Waals surface area (Å²) < 4.78 is 4.82. The molecule has 0 heterocycles. The van der Waals surface area contributed by atoms with E-state index in [1.54, 1.807) is 0 Å². The van der Waals surface area contributed by atoms with Crippen LogP contribution in [-0.4, -0.2) is 41.3 Å². The fourth-order valence-corrected chi connectivity index (χ4v) is 8.49. The largest absolute Gasteiger partial charge is 0.469 e. The molecule has 4 aliphatic carbocycles. The summed E-state index contributed by atoms with van der Waals surface area (Å²) in [5.74, 6) is 1.61. The quantitative estimate of drug-likeness (QED) is 0.677. The van der Waals surface area contributed by atoms with E-state index in [1.165, 1.54) is 7.11 Å². The zero-order valence-corrected chi connectivity index (χ0v) is 19.1. The molecule has 0 aromatic rings. The topological polar surface area (TPSA) is 83.8 Å². The Morgan fingerprint density at radius 1 is 1.17 bits per heavy atom. The molecule has 0 aliphatic heterocycles. The van der Waals surface area contributed by atoms with E-state index in [4.69, 9.17) is 4.74 Å². The summed E-state index contributed by atoms with van der Waals surface area (Å²) >= 11 is 0. The van der Waals surface area contributed by atoms with Crippen molar-refractivity contribution < 1.29 is 24.5 Å². The Balaban J connectivity index is 1.59. The number of fused-ring (bicyclic) bond motifs is 5. The van der Waals surface area contributed by atoms with Gasteiger partial charge < -0.3 is 14.9 Å². The van der Waals surface area contributed by atoms with Crippen molar-refractivity contribution in [3.8, 4) is 0 Å². The molecule has 4 rings (SSSR count). The van der Waals surface area contributed by atoms with Crippen molar-refractivity contribution in [1.29, 1.82) is 0 Å². The average molecular weight is 421 g/mol. The molecule has 0 aromatic carbocycles. The van der Waals surface area contributed by atoms with Crippen molar-refractivity contribution in [3.05, 3.63) is 0 Å². The van der Waals surface area contributed by atoms with E-state index < -0.39 is 6.10 Å². The van der Waals surface area contributed by atoms with Gasteiger partial charge in [0.1, 0.15) is 5.78 Å². The number of aliphatic hydroxyl groups excluding tert-OH is 2. The van der Waals surface area contributed by atoms with Crippen LogP contribution < -0.4 is 0 Å². The maximum Gasteiger partial charge on any atom is 0.305 e. The lowest BCUT2D eigenvalue weighted by Crippen LogP contribution is -2.61. The van der Waals surface area contributed by atoms with Gasteiger partial charge in [0.25, 0.3) is 0 Å². The predicted octanol–water partition coefficient (Wildman–Crippen LogP) is 3.75. The van der Waals surface area contributed by atoms with Gasteiger partial charge in [-0.05, 0) is 80.0 Å². The predicted molar refractivity (Wildman–Crippen MR) is 113 cm³/mol. The Kier molecular flexibility index (Phi) is 5.85. The van der Waals surface area contributed by atoms with Crippen LogP contribution in [-0.2, 0) is 14.3 Å². The van der Waals surface area contributed by atoms with Crippen molar-refractivity contribution in [2.45, 2.75) is 90.8 Å². The average Bonchev–Trinajstić information content (AvgIpc) is 3.06. The minimum atomic E-state index is -0.410. The van der Waals surface area contributed by atoms with Gasteiger partial charge in [-0.2, -0.15) is 0 Å². The maximum absolute atomic E-state index is 13.4. The number of Topliss-reactive ketones (excluding diaryl/α,β-unsaturated/α-hetero) is 1. The molecule has 0 saturated heterocycles. The number of methoxy groups -OCH3 is 1. The number of ketones is 1. The molecule has 4 saturated carbocycles. The van der Waals surface area contributed by atoms with Crippen LogP contribution in [0.5, 0.6) is 0 Å². The van der Waals surface area contributed by atoms with Gasteiger partial charge in [0, 0.05) is 24.2 Å². The van der Waals surface area contributed by atoms with Gasteiger partial charge in [-0.3, -0.25) is 9.59 Å². The Bertz CT molecular complexity index is 691. The molecule has 0 amide bonds. The molecule has 10 atom stereocenters. The molecule has 0 bridgehead atoms. The maximum atomic E-state index is 13.4. The second-order valence-corrected chi connectivity index (χ2v) is 11.4. The van der Waals surface area contributed by atoms with E-state index >= 15 is 0 Å². The summed E-state index contributed by atoms with van der Waals surface area (Å²) in [6, 6.07) is 0. The molecule has 5 unspecified atom stereocenters. The third-order valence-corrected chi connectivity index (χ3v) is 10.3. The van der Waals surface area contributed by atoms with E-state index in [1.807, 2.05) is 0 Å². The SMILES string of the molecule is COC(=O)CCC(C)C1CCC2C3C(=O)C[C@@H]4C[C@H](O)CC[C@]4(C)C3C[C@H](O)[C@]12C. The lowest BCUT2D eigenvalue weighted by Gasteiger charge is -2.61. The standard InChI is InChI=1S/C25H40O5/c1-14(5-8-22(29)30-4)17-6-7-18-23-19(13-21(28)25(17,18)3)24(2)10-9-16(26)11-15(24)12-20(23)27/h14-19,21,23,26,28H,5-13H2,1-4H3/t14?,15-,16+,17?,18?,19?,21-,23?,24-,25+/m0/s1. The summed E-state index contributed by atoms with van der Waals surface area (Å²) in [4.78, 5) is 25.1. The van der Waals surface area contributed by atoms with Gasteiger partial charge in [-0.25, -0.2) is 0 Å². The number of hydrogen-bond acceptors (Lipinski definition) is 5. The van der Waals surface area contributed by atoms with Gasteiger partial charge in [0.15, 0.2) is 0 Å². The molecule has 4 aliphatic rings. The first-order valence-corrected chi connectivity index (χ1v) is 12.1. The van der Waals surface area contributed by atoms with E-state index in [9.17, 15) is 19.8 Å². The van der Waals surface area contributed by atoms with Gasteiger partial charge in [0.05, 0.1) is 19.3 Å². The fraction of sp³-hybridized carbons (Fsp3) is 0.920. The van der Waals surface area contributed by atoms with Gasteiger partial charge in [-0.15, -0.1) is 0 Å². The third-order valence-electron chi connectivity index (χ3n) is 10.3. The molecule has 30 heavy (non-hydrogen) atoms. The highest BCUT2D eigenvalue weighted by Gasteiger charge is 2.65. The number of esters is 1. The number of aliphatic hydroxyl groups is 2. The first-order valence-electron chi connectivity index (χ1n) is 12.1. The zero-order valence-electron chi connectivity index (χ0n) is 19.1. The highest BCUT2D eigenvalue weighted by molar-refractivity contribution is 5.83. The van der Waals surface area contributed by atoms with Crippen LogP contribution in [0.4, 0.5) is 0 Å². The van der Waals surface area contributed by atoms with Gasteiger partial charge in [-0.1, -0.05) is 20.8 Å². The number of carbonyl (C=O) groups excluding carboxylic acids is 2. The van der Waals surface area contributed by atoms with Crippen LogP contribution in [0.1, 0.15) is 78.6 Å². The Morgan fingerprint density at radius 2 is 1.90 bits per heavy atom. The van der Waals surface area contributed by atoms with Crippen LogP contribution in [0.25, 0.3) is 0 Å². The van der Waals surface area contributed by atoms with Gasteiger partial charge in [0.2, 0.25) is 0 Å². The summed E-state index contributed by atoms with van der Waals surface area (Å²) in [7, 11) is 1.43. The van der Waals surface area contributed by atoms with Crippen LogP contribution >= 0.6 is 0 Å². The van der Waals surface area contributed by atoms with Crippen molar-refractivity contribution >= 4 is 11.8 Å². The number of hydrogen-bond donors (Lipinski definition) is 2. The Morgan fingerprint density at radius 3 is 2.60 bits per heavy atom. The molecule has 170 valence electrons. The molecule has 5 heteroatoms. The number of rotatable bonds is 4. The van der Waals surface area contributed by atoms with E-state index in [2.05, 4.69) is 20.8 Å². The van der Waals surface area contributed by atoms with Crippen molar-refractivity contribution in [2.24, 2.45) is 46.3 Å². The van der Waals surface area contributed by atoms with Crippen LogP contribution in [0, 0.1) is 46.3 Å². The highest BCUT2D eigenvalue weighted by Crippen LogP contribution is 2.67. The molecular weight excluding hydrogens is 380 g/mol. The zero-order chi connectivity index (χ0) is 21.8. The minimum absolute atomic E-state index is 0.0488. The number of ether oxygens (including phenoxy) is 1. The minimum Gasteiger partial charge on any atom is -0.469 e. The van der Waals surface area contributed by atoms with E-state index in [-0.39, 0.29) is 46.6 Å². The van der Waals surface area contributed by atoms with Crippen molar-refractivity contribution in [1.82, 2.24) is 0 Å². The smallest absolute Gasteiger partial charge is 0.305 e. The summed E-state index contributed by atoms with van der Waals surface area (Å²) in [5.41, 5.74) is -0.210. The van der Waals surface area contributed by atoms with Crippen molar-refractivity contribution in [2.75, 3.05) is 7.11 Å². The fourth-order valence-electron chi connectivity index (χ4n) is 8.49. The molecule has 5 nitrogen and oxygen atoms in total. The Labute approximate surface area is 180 Å². The number of carbonyl (C=O) groups is 2. The van der Waals surface area contributed by atoms with Gasteiger partial charge >= 0.3 is 5.97 Å². The molecular formula is C25H40O5. The molecule has 4 fully saturated rings. The third kappa shape index (κ3) is 3.26. The molecule has 0 aromatic heterocycles. The first-order chi connectivity index (χ1) is 14.1. The summed E-state index contributed by atoms with van der Waals surface area (Å²) in [6.07, 6.45) is 6.32. The van der Waals surface area contributed by atoms with Crippen LogP contribution in [0.15, 0.2) is 0 Å². The lowest BCUT2D eigenvalue weighted by molar-refractivity contribution is -0.182. The van der Waals surface area contributed by atoms with Crippen LogP contribution in [0.3, 0.4) is 0 Å². The Hall–Kier alpha value is -0.940. The summed E-state index contributed by atoms with van der Waals surface area (Å²) in [6.45, 7) is 6.74. The van der Waals surface area contributed by atoms with Crippen LogP contribution in [0.2, 0.25) is 0 Å². The summed E-state index contributed by atoms with van der Waals surface area (Å²) in [5, 5.41) is 21.7. The monoisotopic (exact) mass is 420 g/mol. The van der Waals surface area contributed by atoms with E-state index in [0.29, 0.717) is 36.9 Å². The normalized spacial score (nSPS) is 49.0. The molecule has 0 radical (unpaired) electrons. The van der Waals surface area contributed by atoms with E-state index in [0.717, 1.165) is 38.5 Å². The molecule has 2 N–H and O–H groups in total. The lowest BCUT2D eigenvalue weighted by atomic mass is 9.43.